The topological polar surface area (TPSA) is 27.7 Å². The third kappa shape index (κ3) is 4.02. The van der Waals surface area contributed by atoms with E-state index in [1.807, 2.05) is 32.0 Å². The first-order valence-electron chi connectivity index (χ1n) is 5.34. The summed E-state index contributed by atoms with van der Waals surface area (Å²) in [5.41, 5.74) is 1.16. The summed E-state index contributed by atoms with van der Waals surface area (Å²) in [6, 6.07) is 5.87. The van der Waals surface area contributed by atoms with Crippen LogP contribution < -0.4 is 9.47 Å². The van der Waals surface area contributed by atoms with Gasteiger partial charge in [0.05, 0.1) is 6.61 Å². The zero-order valence-corrected chi connectivity index (χ0v) is 11.2. The number of hydrogen-bond acceptors (Lipinski definition) is 3. The van der Waals surface area contributed by atoms with Gasteiger partial charge in [0.15, 0.2) is 18.3 Å². The molecule has 0 atom stereocenters. The highest BCUT2D eigenvalue weighted by Crippen LogP contribution is 2.29. The summed E-state index contributed by atoms with van der Waals surface area (Å²) in [6.45, 7) is 5.40. The van der Waals surface area contributed by atoms with Crippen LogP contribution >= 0.6 is 15.9 Å². The Morgan fingerprint density at radius 2 is 1.88 bits per heavy atom. The standard InChI is InChI=1S/C12H17BrO3/c1-3-14-9-16-11-6-5-10(8-13)7-12(11)15-4-2/h5-7H,3-4,8-9H2,1-2H3. The molecule has 0 aliphatic rings. The van der Waals surface area contributed by atoms with Crippen molar-refractivity contribution in [2.24, 2.45) is 0 Å². The number of rotatable bonds is 7. The van der Waals surface area contributed by atoms with Gasteiger partial charge in [-0.15, -0.1) is 0 Å². The summed E-state index contributed by atoms with van der Waals surface area (Å²) in [5, 5.41) is 0.804. The normalized spacial score (nSPS) is 10.2. The predicted octanol–water partition coefficient (Wildman–Crippen LogP) is 3.35. The zero-order chi connectivity index (χ0) is 11.8. The summed E-state index contributed by atoms with van der Waals surface area (Å²) < 4.78 is 16.1. The van der Waals surface area contributed by atoms with Gasteiger partial charge in [-0.05, 0) is 31.5 Å². The van der Waals surface area contributed by atoms with E-state index in [2.05, 4.69) is 15.9 Å². The van der Waals surface area contributed by atoms with Crippen LogP contribution in [0.15, 0.2) is 18.2 Å². The minimum Gasteiger partial charge on any atom is -0.490 e. The second-order valence-electron chi connectivity index (χ2n) is 3.10. The Morgan fingerprint density at radius 1 is 1.06 bits per heavy atom. The summed E-state index contributed by atoms with van der Waals surface area (Å²) >= 11 is 3.41. The van der Waals surface area contributed by atoms with Crippen LogP contribution in [0.4, 0.5) is 0 Å². The van der Waals surface area contributed by atoms with Crippen molar-refractivity contribution < 1.29 is 14.2 Å². The maximum atomic E-state index is 5.51. The van der Waals surface area contributed by atoms with Gasteiger partial charge in [0, 0.05) is 11.9 Å². The average Bonchev–Trinajstić information content (AvgIpc) is 2.31. The predicted molar refractivity (Wildman–Crippen MR) is 67.4 cm³/mol. The molecule has 0 saturated heterocycles. The van der Waals surface area contributed by atoms with Crippen LogP contribution in [0.3, 0.4) is 0 Å². The molecule has 0 heterocycles. The molecule has 0 aromatic heterocycles. The van der Waals surface area contributed by atoms with Crippen LogP contribution in [0.5, 0.6) is 11.5 Å². The highest BCUT2D eigenvalue weighted by atomic mass is 79.9. The van der Waals surface area contributed by atoms with E-state index in [4.69, 9.17) is 14.2 Å². The molecule has 1 rings (SSSR count). The quantitative estimate of drug-likeness (QED) is 0.437. The molecule has 0 radical (unpaired) electrons. The molecule has 1 aromatic rings. The van der Waals surface area contributed by atoms with Crippen molar-refractivity contribution in [1.29, 1.82) is 0 Å². The van der Waals surface area contributed by atoms with Crippen LogP contribution in [0.1, 0.15) is 19.4 Å². The molecule has 4 heteroatoms. The fourth-order valence-electron chi connectivity index (χ4n) is 1.21. The lowest BCUT2D eigenvalue weighted by Crippen LogP contribution is -2.04. The van der Waals surface area contributed by atoms with E-state index in [1.54, 1.807) is 0 Å². The van der Waals surface area contributed by atoms with Gasteiger partial charge in [0.1, 0.15) is 0 Å². The van der Waals surface area contributed by atoms with Gasteiger partial charge in [-0.1, -0.05) is 22.0 Å². The van der Waals surface area contributed by atoms with Gasteiger partial charge in [0.25, 0.3) is 0 Å². The molecule has 0 saturated carbocycles. The Balaban J connectivity index is 2.72. The van der Waals surface area contributed by atoms with Crippen LogP contribution in [0.25, 0.3) is 0 Å². The molecule has 0 amide bonds. The Hall–Kier alpha value is -0.740. The van der Waals surface area contributed by atoms with Gasteiger partial charge >= 0.3 is 0 Å². The molecule has 0 aliphatic heterocycles. The van der Waals surface area contributed by atoms with Gasteiger partial charge < -0.3 is 14.2 Å². The fraction of sp³-hybridized carbons (Fsp3) is 0.500. The van der Waals surface area contributed by atoms with E-state index in [0.717, 1.165) is 22.4 Å². The number of alkyl halides is 1. The van der Waals surface area contributed by atoms with E-state index < -0.39 is 0 Å². The lowest BCUT2D eigenvalue weighted by molar-refractivity contribution is 0.0206. The highest BCUT2D eigenvalue weighted by Gasteiger charge is 2.05. The van der Waals surface area contributed by atoms with E-state index >= 15 is 0 Å². The van der Waals surface area contributed by atoms with Gasteiger partial charge in [-0.2, -0.15) is 0 Å². The summed E-state index contributed by atoms with van der Waals surface area (Å²) in [6.07, 6.45) is 0. The van der Waals surface area contributed by atoms with Crippen molar-refractivity contribution in [3.05, 3.63) is 23.8 Å². The first-order valence-corrected chi connectivity index (χ1v) is 6.46. The second-order valence-corrected chi connectivity index (χ2v) is 3.66. The van der Waals surface area contributed by atoms with Crippen LogP contribution in [-0.4, -0.2) is 20.0 Å². The lowest BCUT2D eigenvalue weighted by Gasteiger charge is -2.12. The zero-order valence-electron chi connectivity index (χ0n) is 9.66. The molecule has 3 nitrogen and oxygen atoms in total. The van der Waals surface area contributed by atoms with Crippen molar-refractivity contribution in [3.8, 4) is 11.5 Å². The van der Waals surface area contributed by atoms with E-state index in [-0.39, 0.29) is 6.79 Å². The summed E-state index contributed by atoms with van der Waals surface area (Å²) in [5.74, 6) is 1.49. The molecule has 0 spiro atoms. The number of ether oxygens (including phenoxy) is 3. The maximum absolute atomic E-state index is 5.51. The first kappa shape index (κ1) is 13.3. The molecule has 90 valence electrons. The Kier molecular flexibility index (Phi) is 6.26. The minimum absolute atomic E-state index is 0.254. The number of hydrogen-bond donors (Lipinski definition) is 0. The summed E-state index contributed by atoms with van der Waals surface area (Å²) in [7, 11) is 0. The highest BCUT2D eigenvalue weighted by molar-refractivity contribution is 9.08. The van der Waals surface area contributed by atoms with Crippen molar-refractivity contribution in [2.75, 3.05) is 20.0 Å². The lowest BCUT2D eigenvalue weighted by atomic mass is 10.2. The number of halogens is 1. The van der Waals surface area contributed by atoms with Gasteiger partial charge in [-0.25, -0.2) is 0 Å². The van der Waals surface area contributed by atoms with Crippen LogP contribution in [0.2, 0.25) is 0 Å². The molecule has 0 fully saturated rings. The molecule has 16 heavy (non-hydrogen) atoms. The summed E-state index contributed by atoms with van der Waals surface area (Å²) in [4.78, 5) is 0. The Bertz CT molecular complexity index is 315. The third-order valence-corrected chi connectivity index (χ3v) is 2.61. The maximum Gasteiger partial charge on any atom is 0.189 e. The molecule has 1 aromatic carbocycles. The molecule has 0 aliphatic carbocycles. The smallest absolute Gasteiger partial charge is 0.189 e. The fourth-order valence-corrected chi connectivity index (χ4v) is 1.56. The third-order valence-electron chi connectivity index (χ3n) is 1.96. The molecular weight excluding hydrogens is 272 g/mol. The average molecular weight is 289 g/mol. The van der Waals surface area contributed by atoms with Gasteiger partial charge in [-0.3, -0.25) is 0 Å². The molecule has 0 bridgehead atoms. The van der Waals surface area contributed by atoms with Gasteiger partial charge in [0.2, 0.25) is 0 Å². The van der Waals surface area contributed by atoms with E-state index in [9.17, 15) is 0 Å². The monoisotopic (exact) mass is 288 g/mol. The van der Waals surface area contributed by atoms with Crippen molar-refractivity contribution >= 4 is 15.9 Å². The number of benzene rings is 1. The van der Waals surface area contributed by atoms with E-state index in [1.165, 1.54) is 0 Å². The van der Waals surface area contributed by atoms with Crippen molar-refractivity contribution in [3.63, 3.8) is 0 Å². The van der Waals surface area contributed by atoms with Crippen LogP contribution in [-0.2, 0) is 10.1 Å². The SMILES string of the molecule is CCOCOc1ccc(CBr)cc1OCC. The Labute approximate surface area is 105 Å². The first-order chi connectivity index (χ1) is 7.81. The molecule has 0 N–H and O–H groups in total. The molecular formula is C12H17BrO3. The second kappa shape index (κ2) is 7.52. The minimum atomic E-state index is 0.254. The van der Waals surface area contributed by atoms with Crippen LogP contribution in [0, 0.1) is 0 Å². The van der Waals surface area contributed by atoms with Crippen molar-refractivity contribution in [2.45, 2.75) is 19.2 Å². The van der Waals surface area contributed by atoms with Crippen molar-refractivity contribution in [1.82, 2.24) is 0 Å². The molecule has 0 unspecified atom stereocenters. The largest absolute Gasteiger partial charge is 0.490 e. The van der Waals surface area contributed by atoms with E-state index in [0.29, 0.717) is 13.2 Å². The Morgan fingerprint density at radius 3 is 2.50 bits per heavy atom.